The molecule has 0 radical (unpaired) electrons. The molecule has 1 nitrogen and oxygen atoms in total. The molecule has 0 bridgehead atoms. The molecule has 1 aromatic carbocycles. The zero-order valence-corrected chi connectivity index (χ0v) is 6.84. The molecule has 0 unspecified atom stereocenters. The van der Waals surface area contributed by atoms with Crippen molar-refractivity contribution in [1.29, 1.82) is 0 Å². The maximum absolute atomic E-state index is 5.33. The number of hydrogen-bond donors (Lipinski definition) is 1. The quantitative estimate of drug-likeness (QED) is 0.472. The van der Waals surface area contributed by atoms with Crippen LogP contribution in [0.5, 0.6) is 0 Å². The van der Waals surface area contributed by atoms with Gasteiger partial charge in [-0.05, 0) is 0 Å². The Bertz CT molecular complexity index is 138. The van der Waals surface area contributed by atoms with Gasteiger partial charge in [-0.3, -0.25) is 0 Å². The molecule has 0 heterocycles. The number of anilines is 1. The van der Waals surface area contributed by atoms with E-state index in [4.69, 9.17) is 5.73 Å². The molecule has 0 aliphatic rings. The number of nitrogen functional groups attached to an aromatic ring is 1. The zero-order chi connectivity index (χ0) is 5.11. The van der Waals surface area contributed by atoms with Gasteiger partial charge in [0.05, 0.1) is 0 Å². The van der Waals surface area contributed by atoms with Crippen LogP contribution in [0.2, 0.25) is 0 Å². The first kappa shape index (κ1) is 7.90. The monoisotopic (exact) mass is 182 g/mol. The van der Waals surface area contributed by atoms with E-state index in [1.54, 1.807) is 6.07 Å². The van der Waals surface area contributed by atoms with Crippen LogP contribution < -0.4 is 5.73 Å². The molecule has 1 rings (SSSR count). The van der Waals surface area contributed by atoms with E-state index in [-0.39, 0.29) is 26.2 Å². The molecular formula is C6H6NZr-. The van der Waals surface area contributed by atoms with E-state index in [1.807, 2.05) is 18.2 Å². The van der Waals surface area contributed by atoms with Gasteiger partial charge < -0.3 is 5.73 Å². The molecule has 0 atom stereocenters. The third-order valence-electron chi connectivity index (χ3n) is 0.731. The summed E-state index contributed by atoms with van der Waals surface area (Å²) in [6.07, 6.45) is 0. The van der Waals surface area contributed by atoms with Gasteiger partial charge in [0.1, 0.15) is 0 Å². The first-order chi connectivity index (χ1) is 3.39. The van der Waals surface area contributed by atoms with Crippen LogP contribution in [0.4, 0.5) is 5.69 Å². The Morgan fingerprint density at radius 1 is 1.50 bits per heavy atom. The third kappa shape index (κ3) is 2.27. The summed E-state index contributed by atoms with van der Waals surface area (Å²) < 4.78 is 0. The second kappa shape index (κ2) is 3.85. The first-order valence-electron chi connectivity index (χ1n) is 2.11. The van der Waals surface area contributed by atoms with Crippen LogP contribution in [-0.4, -0.2) is 0 Å². The van der Waals surface area contributed by atoms with Gasteiger partial charge in [-0.2, -0.15) is 30.3 Å². The Morgan fingerprint density at radius 3 is 2.50 bits per heavy atom. The maximum atomic E-state index is 5.33. The molecule has 0 amide bonds. The van der Waals surface area contributed by atoms with Crippen LogP contribution in [0.3, 0.4) is 0 Å². The molecule has 0 spiro atoms. The predicted molar refractivity (Wildman–Crippen MR) is 29.7 cm³/mol. The summed E-state index contributed by atoms with van der Waals surface area (Å²) in [6, 6.07) is 10.1. The van der Waals surface area contributed by atoms with Gasteiger partial charge >= 0.3 is 0 Å². The number of benzene rings is 1. The average Bonchev–Trinajstić information content (AvgIpc) is 1.69. The van der Waals surface area contributed by atoms with Crippen LogP contribution in [0.25, 0.3) is 0 Å². The van der Waals surface area contributed by atoms with Gasteiger partial charge in [-0.15, -0.1) is 0 Å². The van der Waals surface area contributed by atoms with Crippen molar-refractivity contribution in [3.63, 3.8) is 0 Å². The molecule has 8 heavy (non-hydrogen) atoms. The Kier molecular flexibility index (Phi) is 3.80. The summed E-state index contributed by atoms with van der Waals surface area (Å²) >= 11 is 0. The van der Waals surface area contributed by atoms with Crippen LogP contribution >= 0.6 is 0 Å². The second-order valence-electron chi connectivity index (χ2n) is 1.34. The van der Waals surface area contributed by atoms with Crippen LogP contribution in [0, 0.1) is 6.07 Å². The Labute approximate surface area is 68.0 Å². The topological polar surface area (TPSA) is 26.0 Å². The normalized spacial score (nSPS) is 7.50. The average molecular weight is 183 g/mol. The molecule has 0 aliphatic heterocycles. The minimum absolute atomic E-state index is 0. The molecule has 0 saturated carbocycles. The maximum Gasteiger partial charge on any atom is 0 e. The summed E-state index contributed by atoms with van der Waals surface area (Å²) in [5, 5.41) is 0. The second-order valence-corrected chi connectivity index (χ2v) is 1.34. The van der Waals surface area contributed by atoms with Crippen molar-refractivity contribution in [2.24, 2.45) is 0 Å². The van der Waals surface area contributed by atoms with Crippen LogP contribution in [0.1, 0.15) is 0 Å². The molecule has 0 aromatic heterocycles. The minimum atomic E-state index is 0. The standard InChI is InChI=1S/C6H6N.Zr/c7-6-4-2-1-3-5-6;/h1-2,4-5H,7H2;/q-1;. The molecule has 2 N–H and O–H groups in total. The van der Waals surface area contributed by atoms with E-state index in [0.29, 0.717) is 0 Å². The van der Waals surface area contributed by atoms with Crippen molar-refractivity contribution in [1.82, 2.24) is 0 Å². The van der Waals surface area contributed by atoms with E-state index in [1.165, 1.54) is 0 Å². The Morgan fingerprint density at radius 2 is 2.25 bits per heavy atom. The van der Waals surface area contributed by atoms with E-state index < -0.39 is 0 Å². The molecule has 0 saturated heterocycles. The molecule has 2 heteroatoms. The third-order valence-corrected chi connectivity index (χ3v) is 0.731. The van der Waals surface area contributed by atoms with Gasteiger partial charge in [0.15, 0.2) is 0 Å². The number of hydrogen-bond acceptors (Lipinski definition) is 1. The number of rotatable bonds is 0. The molecule has 0 fully saturated rings. The molecular weight excluding hydrogens is 177 g/mol. The van der Waals surface area contributed by atoms with Gasteiger partial charge in [-0.1, -0.05) is 5.69 Å². The molecule has 40 valence electrons. The Balaban J connectivity index is 0.000000490. The predicted octanol–water partition coefficient (Wildman–Crippen LogP) is 1.07. The molecule has 0 aliphatic carbocycles. The fraction of sp³-hybridized carbons (Fsp3) is 0. The summed E-state index contributed by atoms with van der Waals surface area (Å²) in [7, 11) is 0. The van der Waals surface area contributed by atoms with Crippen molar-refractivity contribution < 1.29 is 26.2 Å². The van der Waals surface area contributed by atoms with Crippen LogP contribution in [0.15, 0.2) is 24.3 Å². The Hall–Kier alpha value is -0.0969. The SMILES string of the molecule is Nc1c[c-]ccc1.[Zr]. The van der Waals surface area contributed by atoms with E-state index in [2.05, 4.69) is 6.07 Å². The summed E-state index contributed by atoms with van der Waals surface area (Å²) in [4.78, 5) is 0. The van der Waals surface area contributed by atoms with Crippen molar-refractivity contribution in [3.05, 3.63) is 30.3 Å². The summed E-state index contributed by atoms with van der Waals surface area (Å²) in [6.45, 7) is 0. The van der Waals surface area contributed by atoms with Gasteiger partial charge in [-0.25, -0.2) is 0 Å². The van der Waals surface area contributed by atoms with Crippen molar-refractivity contribution in [2.45, 2.75) is 0 Å². The van der Waals surface area contributed by atoms with E-state index >= 15 is 0 Å². The largest absolute Gasteiger partial charge is 0.449 e. The van der Waals surface area contributed by atoms with Crippen molar-refractivity contribution in [2.75, 3.05) is 5.73 Å². The van der Waals surface area contributed by atoms with Gasteiger partial charge in [0.2, 0.25) is 0 Å². The minimum Gasteiger partial charge on any atom is -0.449 e. The summed E-state index contributed by atoms with van der Waals surface area (Å²) in [5.74, 6) is 0. The van der Waals surface area contributed by atoms with E-state index in [9.17, 15) is 0 Å². The van der Waals surface area contributed by atoms with Crippen molar-refractivity contribution >= 4 is 5.69 Å². The smallest absolute Gasteiger partial charge is 0 e. The fourth-order valence-corrected chi connectivity index (χ4v) is 0.407. The summed E-state index contributed by atoms with van der Waals surface area (Å²) in [5.41, 5.74) is 6.09. The van der Waals surface area contributed by atoms with E-state index in [0.717, 1.165) is 5.69 Å². The van der Waals surface area contributed by atoms with Crippen molar-refractivity contribution in [3.8, 4) is 0 Å². The first-order valence-corrected chi connectivity index (χ1v) is 2.11. The van der Waals surface area contributed by atoms with Gasteiger partial charge in [0, 0.05) is 26.2 Å². The number of nitrogens with two attached hydrogens (primary N) is 1. The zero-order valence-electron chi connectivity index (χ0n) is 4.39. The van der Waals surface area contributed by atoms with Crippen LogP contribution in [-0.2, 0) is 26.2 Å². The van der Waals surface area contributed by atoms with Gasteiger partial charge in [0.25, 0.3) is 0 Å². The molecule has 1 aromatic rings. The fourth-order valence-electron chi connectivity index (χ4n) is 0.407.